The van der Waals surface area contributed by atoms with Gasteiger partial charge in [-0.1, -0.05) is 30.3 Å². The highest BCUT2D eigenvalue weighted by Gasteiger charge is 2.64. The third kappa shape index (κ3) is 1.99. The second-order valence-electron chi connectivity index (χ2n) is 5.28. The van der Waals surface area contributed by atoms with Crippen LogP contribution in [0.1, 0.15) is 15.9 Å². The smallest absolute Gasteiger partial charge is 0.304 e. The van der Waals surface area contributed by atoms with Crippen LogP contribution in [0.4, 0.5) is 0 Å². The van der Waals surface area contributed by atoms with Crippen LogP contribution in [0, 0.1) is 0 Å². The van der Waals surface area contributed by atoms with Gasteiger partial charge in [-0.05, 0) is 12.1 Å². The number of phenolic OH excluding ortho intramolecular Hbond substituents is 1. The van der Waals surface area contributed by atoms with Gasteiger partial charge in [0.25, 0.3) is 5.79 Å². The van der Waals surface area contributed by atoms with Gasteiger partial charge in [-0.2, -0.15) is 0 Å². The van der Waals surface area contributed by atoms with E-state index in [9.17, 15) is 20.1 Å². The van der Waals surface area contributed by atoms with Crippen LogP contribution in [-0.4, -0.2) is 41.1 Å². The molecule has 126 valence electrons. The van der Waals surface area contributed by atoms with Crippen molar-refractivity contribution in [3.8, 4) is 17.2 Å². The van der Waals surface area contributed by atoms with Gasteiger partial charge < -0.3 is 29.5 Å². The quantitative estimate of drug-likeness (QED) is 0.724. The third-order valence-electron chi connectivity index (χ3n) is 4.03. The topological polar surface area (TPSA) is 105 Å². The Morgan fingerprint density at radius 1 is 1.04 bits per heavy atom. The summed E-state index contributed by atoms with van der Waals surface area (Å²) in [6.45, 7) is 0. The summed E-state index contributed by atoms with van der Waals surface area (Å²) in [6, 6.07) is 10.6. The summed E-state index contributed by atoms with van der Waals surface area (Å²) in [4.78, 5) is 12.8. The minimum Gasteiger partial charge on any atom is -0.504 e. The van der Waals surface area contributed by atoms with Gasteiger partial charge in [0, 0.05) is 12.7 Å². The largest absolute Gasteiger partial charge is 0.504 e. The number of carbonyl (C=O) groups excluding carboxylic acids is 1. The first kappa shape index (κ1) is 16.3. The third-order valence-corrected chi connectivity index (χ3v) is 4.03. The first-order valence-electron chi connectivity index (χ1n) is 7.08. The first-order valence-corrected chi connectivity index (χ1v) is 7.08. The van der Waals surface area contributed by atoms with E-state index in [0.29, 0.717) is 0 Å². The molecule has 0 bridgehead atoms. The zero-order valence-corrected chi connectivity index (χ0v) is 13.0. The second kappa shape index (κ2) is 5.48. The Balaban J connectivity index is 2.26. The number of phenols is 1. The fourth-order valence-electron chi connectivity index (χ4n) is 2.72. The highest BCUT2D eigenvalue weighted by atomic mass is 16.7. The molecule has 1 aliphatic heterocycles. The lowest BCUT2D eigenvalue weighted by molar-refractivity contribution is -0.336. The SMILES string of the molecule is COc1ccc2c(c1O)C(=O)C(O)(OC)C(O)(c1ccccc1)O2. The van der Waals surface area contributed by atoms with Gasteiger partial charge in [-0.15, -0.1) is 0 Å². The second-order valence-corrected chi connectivity index (χ2v) is 5.28. The summed E-state index contributed by atoms with van der Waals surface area (Å²) in [7, 11) is 2.37. The Labute approximate surface area is 137 Å². The van der Waals surface area contributed by atoms with Crippen LogP contribution >= 0.6 is 0 Å². The number of aromatic hydroxyl groups is 1. The highest BCUT2D eigenvalue weighted by molar-refractivity contribution is 6.08. The Morgan fingerprint density at radius 2 is 1.71 bits per heavy atom. The molecule has 0 aromatic heterocycles. The number of Topliss-reactive ketones (excluding diaryl/α,β-unsaturated/α-hetero) is 1. The number of aliphatic hydroxyl groups is 2. The normalized spacial score (nSPS) is 25.8. The molecule has 2 aromatic rings. The maximum absolute atomic E-state index is 12.8. The summed E-state index contributed by atoms with van der Waals surface area (Å²) in [5.74, 6) is -6.89. The van der Waals surface area contributed by atoms with Crippen molar-refractivity contribution < 1.29 is 34.3 Å². The molecular formula is C17H16O7. The fraction of sp³-hybridized carbons (Fsp3) is 0.235. The van der Waals surface area contributed by atoms with Gasteiger partial charge in [-0.25, -0.2) is 0 Å². The molecule has 0 amide bonds. The lowest BCUT2D eigenvalue weighted by atomic mass is 9.86. The van der Waals surface area contributed by atoms with Crippen LogP contribution in [0.2, 0.25) is 0 Å². The molecule has 2 unspecified atom stereocenters. The van der Waals surface area contributed by atoms with Crippen molar-refractivity contribution >= 4 is 5.78 Å². The van der Waals surface area contributed by atoms with Gasteiger partial charge in [-0.3, -0.25) is 4.79 Å². The molecule has 0 saturated carbocycles. The van der Waals surface area contributed by atoms with Gasteiger partial charge >= 0.3 is 5.79 Å². The monoisotopic (exact) mass is 332 g/mol. The molecule has 7 heteroatoms. The standard InChI is InChI=1S/C17H16O7/c1-22-12-9-8-11-13(14(12)18)15(19)17(21,23-2)16(20,24-11)10-6-4-3-5-7-10/h3-9,18,20-21H,1-2H3. The molecule has 2 aromatic carbocycles. The molecule has 0 aliphatic carbocycles. The van der Waals surface area contributed by atoms with E-state index in [-0.39, 0.29) is 22.6 Å². The van der Waals surface area contributed by atoms with Gasteiger partial charge in [0.1, 0.15) is 11.3 Å². The predicted molar refractivity (Wildman–Crippen MR) is 81.9 cm³/mol. The van der Waals surface area contributed by atoms with Crippen LogP contribution < -0.4 is 9.47 Å². The Kier molecular flexibility index (Phi) is 3.71. The summed E-state index contributed by atoms with van der Waals surface area (Å²) < 4.78 is 15.4. The lowest BCUT2D eigenvalue weighted by Crippen LogP contribution is -2.64. The van der Waals surface area contributed by atoms with Crippen LogP contribution in [-0.2, 0) is 10.5 Å². The molecule has 0 spiro atoms. The van der Waals surface area contributed by atoms with E-state index in [1.165, 1.54) is 31.4 Å². The lowest BCUT2D eigenvalue weighted by Gasteiger charge is -2.44. The molecule has 0 fully saturated rings. The van der Waals surface area contributed by atoms with Crippen molar-refractivity contribution in [2.24, 2.45) is 0 Å². The van der Waals surface area contributed by atoms with Crippen molar-refractivity contribution in [2.45, 2.75) is 11.6 Å². The van der Waals surface area contributed by atoms with Gasteiger partial charge in [0.15, 0.2) is 11.5 Å². The number of rotatable bonds is 3. The molecular weight excluding hydrogens is 316 g/mol. The number of carbonyl (C=O) groups is 1. The van der Waals surface area contributed by atoms with Gasteiger partial charge in [0.2, 0.25) is 5.78 Å². The Hall–Kier alpha value is -2.61. The number of benzene rings is 2. The number of methoxy groups -OCH3 is 2. The average molecular weight is 332 g/mol. The average Bonchev–Trinajstić information content (AvgIpc) is 2.60. The molecule has 1 heterocycles. The molecule has 3 N–H and O–H groups in total. The molecule has 24 heavy (non-hydrogen) atoms. The van der Waals surface area contributed by atoms with Crippen molar-refractivity contribution in [1.82, 2.24) is 0 Å². The van der Waals surface area contributed by atoms with Crippen molar-refractivity contribution in [1.29, 1.82) is 0 Å². The van der Waals surface area contributed by atoms with Gasteiger partial charge in [0.05, 0.1) is 7.11 Å². The number of hydrogen-bond donors (Lipinski definition) is 3. The summed E-state index contributed by atoms with van der Waals surface area (Å²) in [6.07, 6.45) is 0. The maximum atomic E-state index is 12.8. The molecule has 0 radical (unpaired) electrons. The highest BCUT2D eigenvalue weighted by Crippen LogP contribution is 2.49. The number of hydrogen-bond acceptors (Lipinski definition) is 7. The molecule has 3 rings (SSSR count). The van der Waals surface area contributed by atoms with E-state index in [2.05, 4.69) is 0 Å². The van der Waals surface area contributed by atoms with Crippen LogP contribution in [0.25, 0.3) is 0 Å². The number of ketones is 1. The van der Waals surface area contributed by atoms with Crippen molar-refractivity contribution in [3.05, 3.63) is 53.6 Å². The summed E-state index contributed by atoms with van der Waals surface area (Å²) in [5.41, 5.74) is -0.219. The van der Waals surface area contributed by atoms with Crippen molar-refractivity contribution in [3.63, 3.8) is 0 Å². The minimum atomic E-state index is -2.76. The number of ether oxygens (including phenoxy) is 3. The molecule has 1 aliphatic rings. The first-order chi connectivity index (χ1) is 11.4. The van der Waals surface area contributed by atoms with E-state index in [0.717, 1.165) is 7.11 Å². The summed E-state index contributed by atoms with van der Waals surface area (Å²) >= 11 is 0. The van der Waals surface area contributed by atoms with Crippen LogP contribution in [0.3, 0.4) is 0 Å². The van der Waals surface area contributed by atoms with Crippen LogP contribution in [0.5, 0.6) is 17.2 Å². The molecule has 2 atom stereocenters. The van der Waals surface area contributed by atoms with Crippen LogP contribution in [0.15, 0.2) is 42.5 Å². The summed E-state index contributed by atoms with van der Waals surface area (Å²) in [5, 5.41) is 31.9. The molecule has 0 saturated heterocycles. The predicted octanol–water partition coefficient (Wildman–Crippen LogP) is 1.16. The zero-order valence-electron chi connectivity index (χ0n) is 13.0. The van der Waals surface area contributed by atoms with Crippen molar-refractivity contribution in [2.75, 3.05) is 14.2 Å². The number of fused-ring (bicyclic) bond motifs is 1. The van der Waals surface area contributed by atoms with E-state index >= 15 is 0 Å². The Morgan fingerprint density at radius 3 is 2.29 bits per heavy atom. The maximum Gasteiger partial charge on any atom is 0.304 e. The van der Waals surface area contributed by atoms with E-state index in [4.69, 9.17) is 14.2 Å². The minimum absolute atomic E-state index is 0.0225. The zero-order chi connectivity index (χ0) is 17.5. The Bertz CT molecular complexity index is 789. The van der Waals surface area contributed by atoms with E-state index in [1.807, 2.05) is 0 Å². The van der Waals surface area contributed by atoms with E-state index in [1.54, 1.807) is 18.2 Å². The fourth-order valence-corrected chi connectivity index (χ4v) is 2.72. The molecule has 7 nitrogen and oxygen atoms in total. The van der Waals surface area contributed by atoms with E-state index < -0.39 is 23.1 Å².